The van der Waals surface area contributed by atoms with Crippen molar-refractivity contribution in [2.75, 3.05) is 26.1 Å². The van der Waals surface area contributed by atoms with Crippen molar-refractivity contribution in [3.8, 4) is 11.5 Å². The number of hydrogen-bond acceptors (Lipinski definition) is 8. The van der Waals surface area contributed by atoms with E-state index < -0.39 is 0 Å². The van der Waals surface area contributed by atoms with Crippen molar-refractivity contribution in [3.05, 3.63) is 18.0 Å². The Kier molecular flexibility index (Phi) is 7.71. The van der Waals surface area contributed by atoms with Crippen LogP contribution in [0, 0.1) is 0 Å². The lowest BCUT2D eigenvalue weighted by atomic mass is 10.2. The highest BCUT2D eigenvalue weighted by Crippen LogP contribution is 2.34. The first-order valence-electron chi connectivity index (χ1n) is 11.1. The molecule has 0 spiro atoms. The number of carbonyl (C=O) groups is 1. The Morgan fingerprint density at radius 3 is 2.41 bits per heavy atom. The van der Waals surface area contributed by atoms with Crippen LogP contribution in [0.1, 0.15) is 65.1 Å². The van der Waals surface area contributed by atoms with Gasteiger partial charge in [-0.1, -0.05) is 20.3 Å². The molecule has 0 aliphatic heterocycles. The van der Waals surface area contributed by atoms with E-state index in [1.807, 2.05) is 30.4 Å². The van der Waals surface area contributed by atoms with Crippen molar-refractivity contribution < 1.29 is 19.0 Å². The highest BCUT2D eigenvalue weighted by molar-refractivity contribution is 5.86. The highest BCUT2D eigenvalue weighted by atomic mass is 16.5. The highest BCUT2D eigenvalue weighted by Gasteiger charge is 2.19. The molecule has 0 amide bonds. The summed E-state index contributed by atoms with van der Waals surface area (Å²) in [6.45, 7) is 8.60. The Bertz CT molecular complexity index is 1080. The molecule has 0 atom stereocenters. The maximum Gasteiger partial charge on any atom is 0.306 e. The predicted molar refractivity (Wildman–Crippen MR) is 124 cm³/mol. The van der Waals surface area contributed by atoms with Gasteiger partial charge in [0, 0.05) is 31.0 Å². The number of anilines is 1. The van der Waals surface area contributed by atoms with Gasteiger partial charge in [-0.05, 0) is 26.7 Å². The number of methoxy groups -OCH3 is 2. The lowest BCUT2D eigenvalue weighted by Crippen LogP contribution is -2.11. The van der Waals surface area contributed by atoms with E-state index in [2.05, 4.69) is 29.4 Å². The third kappa shape index (κ3) is 5.20. The first kappa shape index (κ1) is 23.6. The van der Waals surface area contributed by atoms with E-state index in [0.717, 1.165) is 36.1 Å². The quantitative estimate of drug-likeness (QED) is 0.345. The Balaban J connectivity index is 1.80. The van der Waals surface area contributed by atoms with Crippen LogP contribution in [0.5, 0.6) is 11.5 Å². The number of nitrogens with zero attached hydrogens (tertiary/aromatic N) is 4. The summed E-state index contributed by atoms with van der Waals surface area (Å²) in [4.78, 5) is 16.4. The van der Waals surface area contributed by atoms with Crippen molar-refractivity contribution in [2.45, 2.75) is 65.4 Å². The zero-order valence-electron chi connectivity index (χ0n) is 19.8. The lowest BCUT2D eigenvalue weighted by molar-refractivity contribution is -0.147. The summed E-state index contributed by atoms with van der Waals surface area (Å²) in [6, 6.07) is 3.77. The molecule has 0 unspecified atom stereocenters. The first-order valence-corrected chi connectivity index (χ1v) is 11.1. The second-order valence-corrected chi connectivity index (χ2v) is 8.30. The lowest BCUT2D eigenvalue weighted by Gasteiger charge is -2.14. The molecule has 2 aromatic heterocycles. The number of rotatable bonds is 11. The fraction of sp³-hybridized carbons (Fsp3) is 0.565. The molecule has 0 radical (unpaired) electrons. The van der Waals surface area contributed by atoms with Gasteiger partial charge in [0.05, 0.1) is 31.4 Å². The van der Waals surface area contributed by atoms with Gasteiger partial charge in [0.15, 0.2) is 17.3 Å². The zero-order chi connectivity index (χ0) is 23.3. The van der Waals surface area contributed by atoms with E-state index in [0.29, 0.717) is 35.9 Å². The van der Waals surface area contributed by atoms with Gasteiger partial charge in [0.25, 0.3) is 0 Å². The molecule has 0 bridgehead atoms. The molecular formula is C23H33N5O4. The molecule has 3 rings (SSSR count). The molecule has 174 valence electrons. The number of hydrogen-bond donors (Lipinski definition) is 1. The van der Waals surface area contributed by atoms with Crippen molar-refractivity contribution in [2.24, 2.45) is 0 Å². The summed E-state index contributed by atoms with van der Waals surface area (Å²) in [6.07, 6.45) is 2.99. The molecule has 9 nitrogen and oxygen atoms in total. The second kappa shape index (κ2) is 10.5. The maximum atomic E-state index is 11.6. The molecule has 2 heterocycles. The summed E-state index contributed by atoms with van der Waals surface area (Å²) < 4.78 is 18.1. The van der Waals surface area contributed by atoms with E-state index in [4.69, 9.17) is 19.2 Å². The molecule has 0 fully saturated rings. The van der Waals surface area contributed by atoms with Gasteiger partial charge in [-0.3, -0.25) is 9.20 Å². The van der Waals surface area contributed by atoms with E-state index in [9.17, 15) is 4.79 Å². The van der Waals surface area contributed by atoms with Gasteiger partial charge in [0.1, 0.15) is 5.82 Å². The number of benzene rings is 1. The van der Waals surface area contributed by atoms with Crippen LogP contribution in [-0.2, 0) is 9.53 Å². The van der Waals surface area contributed by atoms with Crippen LogP contribution in [0.3, 0.4) is 0 Å². The number of ether oxygens (including phenoxy) is 3. The monoisotopic (exact) mass is 443 g/mol. The van der Waals surface area contributed by atoms with Crippen LogP contribution in [0.15, 0.2) is 12.1 Å². The average Bonchev–Trinajstić information content (AvgIpc) is 3.20. The fourth-order valence-corrected chi connectivity index (χ4v) is 3.58. The summed E-state index contributed by atoms with van der Waals surface area (Å²) in [5.74, 6) is 2.81. The molecule has 9 heteroatoms. The average molecular weight is 444 g/mol. The summed E-state index contributed by atoms with van der Waals surface area (Å²) >= 11 is 0. The topological polar surface area (TPSA) is 99.9 Å². The molecule has 0 saturated heterocycles. The number of esters is 1. The SMILES string of the molecule is COc1cc2nc(NCCCCCC(=O)OC(C)C)c3nnc(C(C)C)n3c2cc1OC. The molecule has 0 aliphatic carbocycles. The van der Waals surface area contributed by atoms with E-state index in [-0.39, 0.29) is 18.0 Å². The van der Waals surface area contributed by atoms with Crippen LogP contribution in [0.2, 0.25) is 0 Å². The second-order valence-electron chi connectivity index (χ2n) is 8.30. The molecule has 3 aromatic rings. The van der Waals surface area contributed by atoms with Crippen LogP contribution in [0.25, 0.3) is 16.7 Å². The number of carbonyl (C=O) groups excluding carboxylic acids is 1. The normalized spacial score (nSPS) is 11.5. The first-order chi connectivity index (χ1) is 15.3. The van der Waals surface area contributed by atoms with Crippen molar-refractivity contribution in [1.29, 1.82) is 0 Å². The smallest absolute Gasteiger partial charge is 0.306 e. The van der Waals surface area contributed by atoms with E-state index >= 15 is 0 Å². The number of aromatic nitrogens is 4. The fourth-order valence-electron chi connectivity index (χ4n) is 3.58. The minimum Gasteiger partial charge on any atom is -0.493 e. The zero-order valence-corrected chi connectivity index (χ0v) is 19.8. The van der Waals surface area contributed by atoms with Gasteiger partial charge in [-0.2, -0.15) is 0 Å². The Hall–Kier alpha value is -3.10. The molecule has 32 heavy (non-hydrogen) atoms. The van der Waals surface area contributed by atoms with E-state index in [1.54, 1.807) is 14.2 Å². The maximum absolute atomic E-state index is 11.6. The minimum absolute atomic E-state index is 0.0666. The number of nitrogens with one attached hydrogen (secondary N) is 1. The number of unbranched alkanes of at least 4 members (excludes halogenated alkanes) is 2. The Morgan fingerprint density at radius 2 is 1.75 bits per heavy atom. The van der Waals surface area contributed by atoms with Crippen molar-refractivity contribution >= 4 is 28.5 Å². The number of fused-ring (bicyclic) bond motifs is 3. The minimum atomic E-state index is -0.139. The Labute approximate surface area is 188 Å². The van der Waals surface area contributed by atoms with Crippen LogP contribution >= 0.6 is 0 Å². The molecule has 1 aromatic carbocycles. The molecule has 0 aliphatic rings. The largest absolute Gasteiger partial charge is 0.493 e. The standard InChI is InChI=1S/C23H33N5O4/c1-14(2)22-26-27-23-21(24-11-9-7-8-10-20(29)32-15(3)4)25-16-12-18(30-5)19(31-6)13-17(16)28(22)23/h12-15H,7-11H2,1-6H3,(H,24,25). The van der Waals surface area contributed by atoms with Crippen LogP contribution in [0.4, 0.5) is 5.82 Å². The summed E-state index contributed by atoms with van der Waals surface area (Å²) in [7, 11) is 3.22. The van der Waals surface area contributed by atoms with Gasteiger partial charge in [-0.15, -0.1) is 10.2 Å². The van der Waals surface area contributed by atoms with Crippen molar-refractivity contribution in [3.63, 3.8) is 0 Å². The third-order valence-electron chi connectivity index (χ3n) is 5.09. The molecule has 1 N–H and O–H groups in total. The van der Waals surface area contributed by atoms with Gasteiger partial charge in [-0.25, -0.2) is 4.98 Å². The van der Waals surface area contributed by atoms with E-state index in [1.165, 1.54) is 0 Å². The summed E-state index contributed by atoms with van der Waals surface area (Å²) in [5, 5.41) is 12.2. The Morgan fingerprint density at radius 1 is 1.03 bits per heavy atom. The molecule has 0 saturated carbocycles. The molecular weight excluding hydrogens is 410 g/mol. The van der Waals surface area contributed by atoms with Gasteiger partial charge < -0.3 is 19.5 Å². The summed E-state index contributed by atoms with van der Waals surface area (Å²) in [5.41, 5.74) is 2.30. The van der Waals surface area contributed by atoms with Crippen LogP contribution in [-0.4, -0.2) is 52.4 Å². The van der Waals surface area contributed by atoms with Gasteiger partial charge >= 0.3 is 5.97 Å². The van der Waals surface area contributed by atoms with Crippen molar-refractivity contribution in [1.82, 2.24) is 19.6 Å². The van der Waals surface area contributed by atoms with Gasteiger partial charge in [0.2, 0.25) is 5.65 Å². The third-order valence-corrected chi connectivity index (χ3v) is 5.09. The van der Waals surface area contributed by atoms with Crippen LogP contribution < -0.4 is 14.8 Å². The predicted octanol–water partition coefficient (Wildman–Crippen LogP) is 4.34.